The fourth-order valence-electron chi connectivity index (χ4n) is 5.65. The Balaban J connectivity index is 0.000000178. The van der Waals surface area contributed by atoms with Gasteiger partial charge in [-0.2, -0.15) is 36.0 Å². The SMILES string of the molecule is CCc1ccc(-n2ccc(C(F)F)n2)nc1.N#Cc1ccc(-n2ccc(C(F)F)n2)nc1.N#Cc1ccc(-n2ccc(C=O)n2)nc1.NCc1ccc(-n2ccc(C(F)F)n2)nc1.O=Cc1ccn[nH]1.[C-]#[N+]c1ccc(Cl)nc1. The largest absolute Gasteiger partial charge is 0.326 e. The Hall–Kier alpha value is -10.6. The first kappa shape index (κ1) is 59.3. The van der Waals surface area contributed by atoms with Gasteiger partial charge < -0.3 is 5.73 Å². The van der Waals surface area contributed by atoms with Gasteiger partial charge in [0.05, 0.1) is 23.4 Å². The van der Waals surface area contributed by atoms with Gasteiger partial charge in [-0.15, -0.1) is 0 Å². The molecule has 10 aromatic rings. The topological polar surface area (TPSA) is 277 Å². The highest BCUT2D eigenvalue weighted by atomic mass is 35.5. The van der Waals surface area contributed by atoms with Gasteiger partial charge in [0, 0.05) is 68.5 Å². The number of H-pyrrole nitrogens is 1. The second-order valence-electron chi connectivity index (χ2n) is 15.0. The Labute approximate surface area is 449 Å². The molecule has 0 aliphatic carbocycles. The average molecular weight is 1100 g/mol. The summed E-state index contributed by atoms with van der Waals surface area (Å²) in [6.45, 7) is 8.98. The highest BCUT2D eigenvalue weighted by Crippen LogP contribution is 2.20. The first-order chi connectivity index (χ1) is 38.2. The summed E-state index contributed by atoms with van der Waals surface area (Å²) >= 11 is 5.45. The summed E-state index contributed by atoms with van der Waals surface area (Å²) in [7, 11) is 0. The van der Waals surface area contributed by atoms with Crippen molar-refractivity contribution in [2.45, 2.75) is 39.2 Å². The van der Waals surface area contributed by atoms with E-state index in [-0.39, 0.29) is 17.1 Å². The smallest absolute Gasteiger partial charge is 0.282 e. The summed E-state index contributed by atoms with van der Waals surface area (Å²) in [4.78, 5) is 43.2. The van der Waals surface area contributed by atoms with Crippen LogP contribution in [0.3, 0.4) is 0 Å². The van der Waals surface area contributed by atoms with Crippen LogP contribution in [0, 0.1) is 29.2 Å². The number of hydrogen-bond acceptors (Lipinski definition) is 15. The molecule has 0 fully saturated rings. The fraction of sp³-hybridized carbons (Fsp3) is 0.118. The second kappa shape index (κ2) is 30.7. The number of rotatable bonds is 11. The third-order valence-electron chi connectivity index (χ3n) is 9.68. The molecule has 0 aliphatic rings. The van der Waals surface area contributed by atoms with Crippen LogP contribution in [-0.4, -0.2) is 86.8 Å². The maximum atomic E-state index is 12.3. The van der Waals surface area contributed by atoms with E-state index in [4.69, 9.17) is 34.4 Å². The molecule has 3 N–H and O–H groups in total. The molecule has 0 spiro atoms. The standard InChI is InChI=1S/C11H11F2N3.C10H10F2N4.C10H6F2N4.C10H6N4O.C6H3ClN2.C4H4N2O/c1-2-8-3-4-10(14-7-8)16-6-5-9(15-16)11(12)13;2*11-10(12)8-3-4-16(15-8)9-2-1-7(5-13)6-14-9;11-5-8-1-2-10(12-6-8)14-4-3-9(7-15)13-14;1-8-5-2-3-6(7)9-4-5;7-3-4-1-2-5-6-4/h3-7,11H,2H2,1H3;1-4,6,10H,5,13H2;1-4,6,10H;1-4,6-7H;2-4H;1-3H,(H,5,6). The van der Waals surface area contributed by atoms with Crippen molar-refractivity contribution in [3.63, 3.8) is 0 Å². The normalized spacial score (nSPS) is 10.1. The number of alkyl halides is 6. The first-order valence-electron chi connectivity index (χ1n) is 22.5. The van der Waals surface area contributed by atoms with Gasteiger partial charge in [0.1, 0.15) is 40.1 Å². The van der Waals surface area contributed by atoms with Crippen molar-refractivity contribution in [3.8, 4) is 35.4 Å². The summed E-state index contributed by atoms with van der Waals surface area (Å²) in [5, 5.41) is 38.6. The number of aldehydes is 2. The zero-order chi connectivity index (χ0) is 57.1. The van der Waals surface area contributed by atoms with Gasteiger partial charge in [0.15, 0.2) is 35.8 Å². The average Bonchev–Trinajstić information content (AvgIpc) is 4.39. The number of aromatic nitrogens is 15. The summed E-state index contributed by atoms with van der Waals surface area (Å²) in [5.41, 5.74) is 8.88. The van der Waals surface area contributed by atoms with Crippen LogP contribution in [0.2, 0.25) is 5.15 Å². The van der Waals surface area contributed by atoms with E-state index in [9.17, 15) is 35.9 Å². The molecule has 0 unspecified atom stereocenters. The zero-order valence-electron chi connectivity index (χ0n) is 40.9. The highest BCUT2D eigenvalue weighted by molar-refractivity contribution is 6.29. The van der Waals surface area contributed by atoms with Gasteiger partial charge in [0.2, 0.25) is 5.69 Å². The van der Waals surface area contributed by atoms with Crippen molar-refractivity contribution in [1.29, 1.82) is 10.5 Å². The van der Waals surface area contributed by atoms with Gasteiger partial charge in [-0.05, 0) is 90.3 Å². The van der Waals surface area contributed by atoms with Crippen LogP contribution in [0.4, 0.5) is 32.0 Å². The quantitative estimate of drug-likeness (QED) is 0.0527. The number of nitriles is 2. The molecule has 0 amide bonds. The molecule has 400 valence electrons. The predicted molar refractivity (Wildman–Crippen MR) is 272 cm³/mol. The van der Waals surface area contributed by atoms with E-state index in [0.29, 0.717) is 75.7 Å². The van der Waals surface area contributed by atoms with Crippen molar-refractivity contribution in [2.75, 3.05) is 0 Å². The minimum Gasteiger partial charge on any atom is -0.326 e. The number of halogens is 7. The molecule has 28 heteroatoms. The van der Waals surface area contributed by atoms with E-state index in [2.05, 4.69) is 60.4 Å². The lowest BCUT2D eigenvalue weighted by atomic mass is 10.2. The van der Waals surface area contributed by atoms with Crippen LogP contribution < -0.4 is 5.73 Å². The van der Waals surface area contributed by atoms with Gasteiger partial charge in [0.25, 0.3) is 19.3 Å². The molecule has 0 bridgehead atoms. The lowest BCUT2D eigenvalue weighted by Gasteiger charge is -2.01. The van der Waals surface area contributed by atoms with Crippen molar-refractivity contribution in [2.24, 2.45) is 5.73 Å². The summed E-state index contributed by atoms with van der Waals surface area (Å²) in [6, 6.07) is 27.6. The molecular formula is C51H40ClF6N19O2. The Morgan fingerprint density at radius 1 is 0.595 bits per heavy atom. The van der Waals surface area contributed by atoms with Gasteiger partial charge >= 0.3 is 0 Å². The lowest BCUT2D eigenvalue weighted by Crippen LogP contribution is -2.02. The Morgan fingerprint density at radius 3 is 1.34 bits per heavy atom. The summed E-state index contributed by atoms with van der Waals surface area (Å²) < 4.78 is 79.2. The number of nitrogens with two attached hydrogens (primary N) is 1. The minimum absolute atomic E-state index is 0.235. The third kappa shape index (κ3) is 18.7. The van der Waals surface area contributed by atoms with E-state index in [1.54, 1.807) is 85.3 Å². The molecule has 10 aromatic heterocycles. The van der Waals surface area contributed by atoms with Crippen LogP contribution in [0.25, 0.3) is 28.1 Å². The van der Waals surface area contributed by atoms with Crippen LogP contribution >= 0.6 is 11.6 Å². The third-order valence-corrected chi connectivity index (χ3v) is 9.90. The summed E-state index contributed by atoms with van der Waals surface area (Å²) in [5.74, 6) is 2.00. The number of aromatic amines is 1. The Morgan fingerprint density at radius 2 is 1.05 bits per heavy atom. The van der Waals surface area contributed by atoms with Crippen LogP contribution in [0.15, 0.2) is 153 Å². The van der Waals surface area contributed by atoms with Crippen LogP contribution in [0.1, 0.15) is 86.5 Å². The monoisotopic (exact) mass is 1100 g/mol. The number of nitrogens with one attached hydrogen (secondary N) is 1. The molecule has 0 radical (unpaired) electrons. The Kier molecular flexibility index (Phi) is 23.1. The van der Waals surface area contributed by atoms with Gasteiger partial charge in [-0.25, -0.2) is 69.9 Å². The lowest BCUT2D eigenvalue weighted by molar-refractivity contribution is 0.111. The summed E-state index contributed by atoms with van der Waals surface area (Å²) in [6.07, 6.45) is 9.64. The molecule has 0 aliphatic heterocycles. The molecular weight excluding hydrogens is 1060 g/mol. The van der Waals surface area contributed by atoms with Crippen molar-refractivity contribution in [1.82, 2.24) is 74.2 Å². The molecule has 10 heterocycles. The van der Waals surface area contributed by atoms with E-state index < -0.39 is 19.3 Å². The number of hydrogen-bond donors (Lipinski definition) is 2. The van der Waals surface area contributed by atoms with Gasteiger partial charge in [-0.1, -0.05) is 36.7 Å². The highest BCUT2D eigenvalue weighted by Gasteiger charge is 2.14. The van der Waals surface area contributed by atoms with Gasteiger partial charge in [-0.3, -0.25) is 19.7 Å². The minimum atomic E-state index is -2.60. The first-order valence-corrected chi connectivity index (χ1v) is 22.9. The van der Waals surface area contributed by atoms with E-state index in [1.165, 1.54) is 80.3 Å². The molecule has 10 rings (SSSR count). The number of aryl methyl sites for hydroxylation is 1. The predicted octanol–water partition coefficient (Wildman–Crippen LogP) is 9.97. The van der Waals surface area contributed by atoms with Crippen molar-refractivity contribution < 1.29 is 35.9 Å². The number of carbonyl (C=O) groups excluding carboxylic acids is 2. The zero-order valence-corrected chi connectivity index (χ0v) is 41.6. The van der Waals surface area contributed by atoms with Crippen LogP contribution in [-0.2, 0) is 13.0 Å². The number of carbonyl (C=O) groups is 2. The number of nitrogens with zero attached hydrogens (tertiary/aromatic N) is 17. The van der Waals surface area contributed by atoms with Crippen molar-refractivity contribution in [3.05, 3.63) is 220 Å². The van der Waals surface area contributed by atoms with Crippen molar-refractivity contribution >= 4 is 29.9 Å². The maximum Gasteiger partial charge on any atom is 0.282 e. The molecule has 0 saturated heterocycles. The van der Waals surface area contributed by atoms with Crippen LogP contribution in [0.5, 0.6) is 0 Å². The Bertz CT molecular complexity index is 3460. The van der Waals surface area contributed by atoms with E-state index in [1.807, 2.05) is 25.1 Å². The molecule has 0 atom stereocenters. The maximum absolute atomic E-state index is 12.3. The number of pyridine rings is 5. The fourth-order valence-corrected chi connectivity index (χ4v) is 5.76. The molecule has 21 nitrogen and oxygen atoms in total. The molecule has 0 saturated carbocycles. The van der Waals surface area contributed by atoms with E-state index in [0.717, 1.165) is 17.5 Å². The molecule has 0 aromatic carbocycles. The second-order valence-corrected chi connectivity index (χ2v) is 15.4. The van der Waals surface area contributed by atoms with E-state index >= 15 is 0 Å². The molecule has 79 heavy (non-hydrogen) atoms.